The van der Waals surface area contributed by atoms with E-state index in [1.54, 1.807) is 18.2 Å². The molecule has 0 aromatic heterocycles. The first kappa shape index (κ1) is 13.4. The molecule has 0 aliphatic carbocycles. The zero-order valence-corrected chi connectivity index (χ0v) is 11.1. The molecule has 0 spiro atoms. The van der Waals surface area contributed by atoms with E-state index >= 15 is 0 Å². The van der Waals surface area contributed by atoms with Gasteiger partial charge in [0.25, 0.3) is 0 Å². The summed E-state index contributed by atoms with van der Waals surface area (Å²) < 4.78 is 5.36. The van der Waals surface area contributed by atoms with E-state index in [9.17, 15) is 4.79 Å². The first-order valence-corrected chi connectivity index (χ1v) is 6.25. The van der Waals surface area contributed by atoms with Gasteiger partial charge in [-0.2, -0.15) is 0 Å². The predicted molar refractivity (Wildman–Crippen MR) is 75.0 cm³/mol. The molecule has 3 nitrogen and oxygen atoms in total. The van der Waals surface area contributed by atoms with Gasteiger partial charge >= 0.3 is 5.97 Å². The Kier molecular flexibility index (Phi) is 4.07. The van der Waals surface area contributed by atoms with Crippen LogP contribution in [0.4, 0.5) is 0 Å². The number of hydrogen-bond donors (Lipinski definition) is 1. The zero-order chi connectivity index (χ0) is 13.8. The molecule has 2 aromatic carbocycles. The van der Waals surface area contributed by atoms with Crippen molar-refractivity contribution in [2.45, 2.75) is 6.92 Å². The number of hydrogen-bond acceptors (Lipinski definition) is 2. The lowest BCUT2D eigenvalue weighted by Gasteiger charge is -2.07. The molecule has 98 valence electrons. The molecule has 0 saturated heterocycles. The molecule has 4 heteroatoms. The van der Waals surface area contributed by atoms with Crippen molar-refractivity contribution in [3.8, 4) is 16.9 Å². The Bertz CT molecular complexity index is 591. The fourth-order valence-electron chi connectivity index (χ4n) is 1.78. The average Bonchev–Trinajstić information content (AvgIpc) is 2.40. The van der Waals surface area contributed by atoms with Crippen LogP contribution in [0.1, 0.15) is 17.3 Å². The van der Waals surface area contributed by atoms with E-state index in [1.807, 2.05) is 31.2 Å². The number of ether oxygens (including phenoxy) is 1. The van der Waals surface area contributed by atoms with Gasteiger partial charge in [0.15, 0.2) is 0 Å². The molecule has 0 heterocycles. The molecular weight excluding hydrogens is 264 g/mol. The van der Waals surface area contributed by atoms with Crippen molar-refractivity contribution >= 4 is 17.6 Å². The number of benzene rings is 2. The summed E-state index contributed by atoms with van der Waals surface area (Å²) in [5.74, 6) is -0.239. The summed E-state index contributed by atoms with van der Waals surface area (Å²) in [4.78, 5) is 11.0. The molecule has 2 rings (SSSR count). The molecule has 0 saturated carbocycles. The fraction of sp³-hybridized carbons (Fsp3) is 0.133. The van der Waals surface area contributed by atoms with Gasteiger partial charge in [0, 0.05) is 0 Å². The zero-order valence-electron chi connectivity index (χ0n) is 10.4. The first-order valence-electron chi connectivity index (χ1n) is 5.88. The number of rotatable bonds is 4. The molecule has 0 aliphatic heterocycles. The number of carbonyl (C=O) groups is 1. The second kappa shape index (κ2) is 5.76. The van der Waals surface area contributed by atoms with Crippen molar-refractivity contribution in [1.82, 2.24) is 0 Å². The fourth-order valence-corrected chi connectivity index (χ4v) is 1.98. The van der Waals surface area contributed by atoms with Crippen LogP contribution in [0.2, 0.25) is 5.02 Å². The van der Waals surface area contributed by atoms with Crippen molar-refractivity contribution in [2.75, 3.05) is 6.61 Å². The van der Waals surface area contributed by atoms with Crippen LogP contribution in [0.15, 0.2) is 42.5 Å². The van der Waals surface area contributed by atoms with Crippen molar-refractivity contribution in [3.63, 3.8) is 0 Å². The number of carboxylic acids is 1. The highest BCUT2D eigenvalue weighted by atomic mass is 35.5. The minimum absolute atomic E-state index is 0.105. The van der Waals surface area contributed by atoms with Crippen molar-refractivity contribution in [3.05, 3.63) is 53.1 Å². The highest BCUT2D eigenvalue weighted by Gasteiger charge is 2.10. The van der Waals surface area contributed by atoms with Gasteiger partial charge in [0.2, 0.25) is 0 Å². The maximum absolute atomic E-state index is 11.0. The Morgan fingerprint density at radius 3 is 2.37 bits per heavy atom. The lowest BCUT2D eigenvalue weighted by Crippen LogP contribution is -1.97. The van der Waals surface area contributed by atoms with E-state index in [2.05, 4.69) is 0 Å². The molecule has 1 N–H and O–H groups in total. The van der Waals surface area contributed by atoms with E-state index in [0.29, 0.717) is 6.61 Å². The molecule has 0 radical (unpaired) electrons. The second-order valence-electron chi connectivity index (χ2n) is 3.96. The summed E-state index contributed by atoms with van der Waals surface area (Å²) in [5.41, 5.74) is 1.83. The van der Waals surface area contributed by atoms with Gasteiger partial charge in [-0.15, -0.1) is 0 Å². The minimum Gasteiger partial charge on any atom is -0.494 e. The molecule has 19 heavy (non-hydrogen) atoms. The van der Waals surface area contributed by atoms with Gasteiger partial charge in [-0.1, -0.05) is 29.8 Å². The summed E-state index contributed by atoms with van der Waals surface area (Å²) in [6.45, 7) is 2.54. The molecule has 0 aliphatic rings. The molecule has 0 unspecified atom stereocenters. The maximum Gasteiger partial charge on any atom is 0.337 e. The Hall–Kier alpha value is -2.00. The molecule has 0 bridgehead atoms. The first-order chi connectivity index (χ1) is 9.11. The number of aromatic carboxylic acids is 1. The SMILES string of the molecule is CCOc1ccc(-c2ccc(Cl)c(C(=O)O)c2)cc1. The van der Waals surface area contributed by atoms with E-state index < -0.39 is 5.97 Å². The summed E-state index contributed by atoms with van der Waals surface area (Å²) in [7, 11) is 0. The summed E-state index contributed by atoms with van der Waals surface area (Å²) in [6, 6.07) is 12.4. The van der Waals surface area contributed by atoms with Crippen LogP contribution in [0, 0.1) is 0 Å². The van der Waals surface area contributed by atoms with Gasteiger partial charge in [0.05, 0.1) is 17.2 Å². The monoisotopic (exact) mass is 276 g/mol. The topological polar surface area (TPSA) is 46.5 Å². The van der Waals surface area contributed by atoms with Crippen LogP contribution in [-0.4, -0.2) is 17.7 Å². The third-order valence-electron chi connectivity index (χ3n) is 2.70. The highest BCUT2D eigenvalue weighted by molar-refractivity contribution is 6.33. The number of carboxylic acid groups (broad SMARTS) is 1. The third-order valence-corrected chi connectivity index (χ3v) is 3.03. The lowest BCUT2D eigenvalue weighted by molar-refractivity contribution is 0.0697. The Balaban J connectivity index is 2.36. The second-order valence-corrected chi connectivity index (χ2v) is 4.36. The molecule has 0 atom stereocenters. The smallest absolute Gasteiger partial charge is 0.337 e. The maximum atomic E-state index is 11.0. The molecule has 2 aromatic rings. The summed E-state index contributed by atoms with van der Waals surface area (Å²) in [6.07, 6.45) is 0. The molecular formula is C15H13ClO3. The van der Waals surface area contributed by atoms with Crippen molar-refractivity contribution in [2.24, 2.45) is 0 Å². The average molecular weight is 277 g/mol. The Morgan fingerprint density at radius 1 is 1.16 bits per heavy atom. The summed E-state index contributed by atoms with van der Waals surface area (Å²) in [5, 5.41) is 9.28. The van der Waals surface area contributed by atoms with E-state index in [1.165, 1.54) is 0 Å². The van der Waals surface area contributed by atoms with E-state index in [4.69, 9.17) is 21.4 Å². The standard InChI is InChI=1S/C15H13ClO3/c1-2-19-12-6-3-10(4-7-12)11-5-8-14(16)13(9-11)15(17)18/h3-9H,2H2,1H3,(H,17,18). The Morgan fingerprint density at radius 2 is 1.79 bits per heavy atom. The van der Waals surface area contributed by atoms with Crippen molar-refractivity contribution < 1.29 is 14.6 Å². The molecule has 0 fully saturated rings. The minimum atomic E-state index is -1.03. The van der Waals surface area contributed by atoms with Crippen LogP contribution in [0.5, 0.6) is 5.75 Å². The van der Waals surface area contributed by atoms with Gasteiger partial charge in [-0.3, -0.25) is 0 Å². The largest absolute Gasteiger partial charge is 0.494 e. The van der Waals surface area contributed by atoms with Crippen molar-refractivity contribution in [1.29, 1.82) is 0 Å². The van der Waals surface area contributed by atoms with Crippen LogP contribution >= 0.6 is 11.6 Å². The van der Waals surface area contributed by atoms with Crippen LogP contribution in [-0.2, 0) is 0 Å². The predicted octanol–water partition coefficient (Wildman–Crippen LogP) is 4.10. The normalized spacial score (nSPS) is 10.2. The van der Waals surface area contributed by atoms with Gasteiger partial charge in [-0.25, -0.2) is 4.79 Å². The van der Waals surface area contributed by atoms with Gasteiger partial charge in [-0.05, 0) is 42.3 Å². The lowest BCUT2D eigenvalue weighted by atomic mass is 10.0. The quantitative estimate of drug-likeness (QED) is 0.914. The molecule has 0 amide bonds. The van der Waals surface area contributed by atoms with Crippen LogP contribution < -0.4 is 4.74 Å². The summed E-state index contributed by atoms with van der Waals surface area (Å²) >= 11 is 5.84. The number of halogens is 1. The van der Waals surface area contributed by atoms with Crippen LogP contribution in [0.3, 0.4) is 0 Å². The highest BCUT2D eigenvalue weighted by Crippen LogP contribution is 2.26. The van der Waals surface area contributed by atoms with Crippen LogP contribution in [0.25, 0.3) is 11.1 Å². The van der Waals surface area contributed by atoms with Gasteiger partial charge < -0.3 is 9.84 Å². The van der Waals surface area contributed by atoms with Gasteiger partial charge in [0.1, 0.15) is 5.75 Å². The Labute approximate surface area is 116 Å². The van der Waals surface area contributed by atoms with E-state index in [0.717, 1.165) is 16.9 Å². The third kappa shape index (κ3) is 3.06. The van der Waals surface area contributed by atoms with E-state index in [-0.39, 0.29) is 10.6 Å².